The van der Waals surface area contributed by atoms with Crippen LogP contribution in [0.15, 0.2) is 41.0 Å². The minimum Gasteiger partial charge on any atom is -0.310 e. The summed E-state index contributed by atoms with van der Waals surface area (Å²) in [7, 11) is 0. The van der Waals surface area contributed by atoms with E-state index in [0.29, 0.717) is 12.0 Å². The number of hydrogen-bond acceptors (Lipinski definition) is 2. The Balaban J connectivity index is 2.26. The van der Waals surface area contributed by atoms with E-state index < -0.39 is 0 Å². The van der Waals surface area contributed by atoms with Crippen molar-refractivity contribution in [2.45, 2.75) is 32.7 Å². The fraction of sp³-hybridized carbons (Fsp3) is 0.353. The highest BCUT2D eigenvalue weighted by atomic mass is 79.9. The zero-order valence-corrected chi connectivity index (χ0v) is 14.0. The predicted molar refractivity (Wildman–Crippen MR) is 87.8 cm³/mol. The Hall–Kier alpha value is -1.26. The van der Waals surface area contributed by atoms with Gasteiger partial charge in [-0.2, -0.15) is 0 Å². The second-order valence-corrected chi connectivity index (χ2v) is 5.82. The Morgan fingerprint density at radius 1 is 1.24 bits per heavy atom. The minimum absolute atomic E-state index is 0.0921. The van der Waals surface area contributed by atoms with Crippen LogP contribution in [0.25, 0.3) is 0 Å². The van der Waals surface area contributed by atoms with Crippen molar-refractivity contribution in [3.8, 4) is 0 Å². The molecule has 0 radical (unpaired) electrons. The standard InChI is InChI=1S/C17H20BrFN2/c1-3-12-8-9-13(21-11-12)10-16(20-4-2)17-14(18)6-5-7-15(17)19/h5-9,11,16,20H,3-4,10H2,1-2H3. The summed E-state index contributed by atoms with van der Waals surface area (Å²) in [5.41, 5.74) is 2.85. The van der Waals surface area contributed by atoms with E-state index in [1.165, 1.54) is 11.6 Å². The Labute approximate surface area is 133 Å². The van der Waals surface area contributed by atoms with Crippen molar-refractivity contribution < 1.29 is 4.39 Å². The van der Waals surface area contributed by atoms with Gasteiger partial charge in [0.15, 0.2) is 0 Å². The van der Waals surface area contributed by atoms with Crippen molar-refractivity contribution in [2.75, 3.05) is 6.54 Å². The highest BCUT2D eigenvalue weighted by Crippen LogP contribution is 2.28. The lowest BCUT2D eigenvalue weighted by molar-refractivity contribution is 0.504. The number of aromatic nitrogens is 1. The highest BCUT2D eigenvalue weighted by molar-refractivity contribution is 9.10. The number of halogens is 2. The average molecular weight is 351 g/mol. The summed E-state index contributed by atoms with van der Waals surface area (Å²) < 4.78 is 14.9. The fourth-order valence-electron chi connectivity index (χ4n) is 2.36. The van der Waals surface area contributed by atoms with Crippen molar-refractivity contribution >= 4 is 15.9 Å². The zero-order chi connectivity index (χ0) is 15.2. The quantitative estimate of drug-likeness (QED) is 0.832. The molecule has 1 unspecified atom stereocenters. The Morgan fingerprint density at radius 3 is 2.62 bits per heavy atom. The molecule has 112 valence electrons. The first-order chi connectivity index (χ1) is 10.2. The molecule has 4 heteroatoms. The van der Waals surface area contributed by atoms with Gasteiger partial charge in [-0.05, 0) is 36.7 Å². The van der Waals surface area contributed by atoms with Crippen LogP contribution in [0.3, 0.4) is 0 Å². The molecule has 0 spiro atoms. The summed E-state index contributed by atoms with van der Waals surface area (Å²) in [6, 6.07) is 9.10. The van der Waals surface area contributed by atoms with Crippen LogP contribution in [0, 0.1) is 5.82 Å². The molecule has 2 nitrogen and oxygen atoms in total. The topological polar surface area (TPSA) is 24.9 Å². The summed E-state index contributed by atoms with van der Waals surface area (Å²) in [6.07, 6.45) is 3.54. The maximum Gasteiger partial charge on any atom is 0.129 e. The Kier molecular flexibility index (Phi) is 5.88. The van der Waals surface area contributed by atoms with Gasteiger partial charge in [0.25, 0.3) is 0 Å². The molecule has 0 bridgehead atoms. The second kappa shape index (κ2) is 7.66. The number of nitrogens with zero attached hydrogens (tertiary/aromatic N) is 1. The average Bonchev–Trinajstić information content (AvgIpc) is 2.48. The number of hydrogen-bond donors (Lipinski definition) is 1. The first-order valence-electron chi connectivity index (χ1n) is 7.26. The lowest BCUT2D eigenvalue weighted by atomic mass is 10.0. The van der Waals surface area contributed by atoms with E-state index >= 15 is 0 Å². The molecule has 0 aliphatic rings. The third kappa shape index (κ3) is 4.11. The second-order valence-electron chi connectivity index (χ2n) is 4.96. The monoisotopic (exact) mass is 350 g/mol. The smallest absolute Gasteiger partial charge is 0.129 e. The normalized spacial score (nSPS) is 12.4. The number of likely N-dealkylation sites (N-methyl/N-ethyl adjacent to an activating group) is 1. The maximum atomic E-state index is 14.2. The number of nitrogens with one attached hydrogen (secondary N) is 1. The van der Waals surface area contributed by atoms with Gasteiger partial charge in [-0.3, -0.25) is 4.98 Å². The van der Waals surface area contributed by atoms with Gasteiger partial charge < -0.3 is 5.32 Å². The Morgan fingerprint density at radius 2 is 2.05 bits per heavy atom. The van der Waals surface area contributed by atoms with E-state index in [-0.39, 0.29) is 11.9 Å². The van der Waals surface area contributed by atoms with E-state index in [1.807, 2.05) is 25.3 Å². The van der Waals surface area contributed by atoms with Gasteiger partial charge in [-0.1, -0.05) is 41.9 Å². The SMILES string of the molecule is CCNC(Cc1ccc(CC)cn1)c1c(F)cccc1Br. The Bertz CT molecular complexity index is 564. The molecule has 1 aromatic carbocycles. The van der Waals surface area contributed by atoms with Crippen LogP contribution in [0.1, 0.15) is 36.7 Å². The maximum absolute atomic E-state index is 14.2. The van der Waals surface area contributed by atoms with Crippen LogP contribution >= 0.6 is 15.9 Å². The molecular formula is C17H20BrFN2. The van der Waals surface area contributed by atoms with Gasteiger partial charge in [0.05, 0.1) is 0 Å². The van der Waals surface area contributed by atoms with Crippen molar-refractivity contribution in [2.24, 2.45) is 0 Å². The van der Waals surface area contributed by atoms with Gasteiger partial charge >= 0.3 is 0 Å². The molecule has 1 N–H and O–H groups in total. The molecule has 2 rings (SSSR count). The lowest BCUT2D eigenvalue weighted by Crippen LogP contribution is -2.24. The molecule has 0 saturated carbocycles. The molecule has 0 aliphatic heterocycles. The van der Waals surface area contributed by atoms with Gasteiger partial charge in [0.1, 0.15) is 5.82 Å². The van der Waals surface area contributed by atoms with Crippen LogP contribution in [-0.4, -0.2) is 11.5 Å². The summed E-state index contributed by atoms with van der Waals surface area (Å²) in [6.45, 7) is 4.91. The summed E-state index contributed by atoms with van der Waals surface area (Å²) in [4.78, 5) is 4.48. The first-order valence-corrected chi connectivity index (χ1v) is 8.06. The van der Waals surface area contributed by atoms with Crippen LogP contribution < -0.4 is 5.32 Å². The number of aryl methyl sites for hydroxylation is 1. The molecule has 0 aliphatic carbocycles. The van der Waals surface area contributed by atoms with Gasteiger partial charge in [0, 0.05) is 34.4 Å². The molecule has 2 aromatic rings. The number of rotatable bonds is 6. The lowest BCUT2D eigenvalue weighted by Gasteiger charge is -2.20. The molecule has 0 fully saturated rings. The predicted octanol–water partition coefficient (Wildman–Crippen LogP) is 4.44. The van der Waals surface area contributed by atoms with Gasteiger partial charge in [-0.25, -0.2) is 4.39 Å². The molecule has 1 heterocycles. The molecule has 0 amide bonds. The van der Waals surface area contributed by atoms with Gasteiger partial charge in [0.2, 0.25) is 0 Å². The first kappa shape index (κ1) is 16.1. The van der Waals surface area contributed by atoms with Crippen molar-refractivity contribution in [1.82, 2.24) is 10.3 Å². The largest absolute Gasteiger partial charge is 0.310 e. The number of pyridine rings is 1. The zero-order valence-electron chi connectivity index (χ0n) is 12.4. The van der Waals surface area contributed by atoms with E-state index in [1.54, 1.807) is 6.07 Å². The number of benzene rings is 1. The van der Waals surface area contributed by atoms with E-state index in [9.17, 15) is 4.39 Å². The van der Waals surface area contributed by atoms with Crippen molar-refractivity contribution in [3.63, 3.8) is 0 Å². The summed E-state index contributed by atoms with van der Waals surface area (Å²) in [5, 5.41) is 3.35. The molecule has 21 heavy (non-hydrogen) atoms. The van der Waals surface area contributed by atoms with Gasteiger partial charge in [-0.15, -0.1) is 0 Å². The summed E-state index contributed by atoms with van der Waals surface area (Å²) >= 11 is 3.45. The van der Waals surface area contributed by atoms with Crippen molar-refractivity contribution in [1.29, 1.82) is 0 Å². The molecule has 1 aromatic heterocycles. The molecule has 1 atom stereocenters. The molecule has 0 saturated heterocycles. The van der Waals surface area contributed by atoms with Crippen LogP contribution in [0.5, 0.6) is 0 Å². The van der Waals surface area contributed by atoms with Crippen LogP contribution in [0.2, 0.25) is 0 Å². The van der Waals surface area contributed by atoms with Crippen LogP contribution in [-0.2, 0) is 12.8 Å². The third-order valence-corrected chi connectivity index (χ3v) is 4.20. The van der Waals surface area contributed by atoms with Crippen molar-refractivity contribution in [3.05, 3.63) is 63.6 Å². The van der Waals surface area contributed by atoms with E-state index in [2.05, 4.69) is 39.2 Å². The highest BCUT2D eigenvalue weighted by Gasteiger charge is 2.18. The van der Waals surface area contributed by atoms with E-state index in [4.69, 9.17) is 0 Å². The third-order valence-electron chi connectivity index (χ3n) is 3.51. The summed E-state index contributed by atoms with van der Waals surface area (Å²) in [5.74, 6) is -0.194. The molecular weight excluding hydrogens is 331 g/mol. The van der Waals surface area contributed by atoms with E-state index in [0.717, 1.165) is 23.1 Å². The fourth-order valence-corrected chi connectivity index (χ4v) is 2.98. The van der Waals surface area contributed by atoms with Crippen LogP contribution in [0.4, 0.5) is 4.39 Å². The minimum atomic E-state index is -0.194.